The minimum atomic E-state index is -0.301. The van der Waals surface area contributed by atoms with E-state index >= 15 is 0 Å². The van der Waals surface area contributed by atoms with Crippen LogP contribution in [0.1, 0.15) is 0 Å². The van der Waals surface area contributed by atoms with Crippen molar-refractivity contribution in [1.29, 1.82) is 5.26 Å². The number of ether oxygens (including phenoxy) is 1. The van der Waals surface area contributed by atoms with E-state index < -0.39 is 0 Å². The van der Waals surface area contributed by atoms with E-state index in [0.717, 1.165) is 5.69 Å². The van der Waals surface area contributed by atoms with Crippen LogP contribution in [0.2, 0.25) is 10.0 Å². The smallest absolute Gasteiger partial charge is 0.140 e. The summed E-state index contributed by atoms with van der Waals surface area (Å²) in [5, 5.41) is 10.0. The summed E-state index contributed by atoms with van der Waals surface area (Å²) in [6, 6.07) is 7.32. The number of nitrogens with zero attached hydrogens (tertiary/aromatic N) is 2. The Bertz CT molecular complexity index is 430. The molecule has 16 heavy (non-hydrogen) atoms. The predicted octanol–water partition coefficient (Wildman–Crippen LogP) is 2.72. The molecule has 0 saturated carbocycles. The molecule has 3 nitrogen and oxygen atoms in total. The van der Waals surface area contributed by atoms with E-state index in [1.54, 1.807) is 6.07 Å². The van der Waals surface area contributed by atoms with Crippen molar-refractivity contribution in [2.75, 3.05) is 24.7 Å². The van der Waals surface area contributed by atoms with Crippen LogP contribution >= 0.6 is 23.2 Å². The molecule has 1 heterocycles. The van der Waals surface area contributed by atoms with Gasteiger partial charge in [0.15, 0.2) is 0 Å². The van der Waals surface area contributed by atoms with Crippen molar-refractivity contribution in [3.63, 3.8) is 0 Å². The lowest BCUT2D eigenvalue weighted by Crippen LogP contribution is -2.44. The summed E-state index contributed by atoms with van der Waals surface area (Å²) in [4.78, 5) is 1.93. The Hall–Kier alpha value is -0.950. The van der Waals surface area contributed by atoms with Gasteiger partial charge >= 0.3 is 0 Å². The van der Waals surface area contributed by atoms with Crippen LogP contribution in [0, 0.1) is 11.3 Å². The zero-order valence-corrected chi connectivity index (χ0v) is 10.0. The topological polar surface area (TPSA) is 36.3 Å². The first kappa shape index (κ1) is 11.5. The van der Waals surface area contributed by atoms with Crippen molar-refractivity contribution in [3.05, 3.63) is 28.2 Å². The summed E-state index contributed by atoms with van der Waals surface area (Å²) in [5.41, 5.74) is 0.795. The predicted molar refractivity (Wildman–Crippen MR) is 64.0 cm³/mol. The second kappa shape index (κ2) is 4.92. The number of anilines is 1. The van der Waals surface area contributed by atoms with E-state index in [2.05, 4.69) is 6.07 Å². The summed E-state index contributed by atoms with van der Waals surface area (Å²) >= 11 is 12.1. The highest BCUT2D eigenvalue weighted by Gasteiger charge is 2.24. The first-order chi connectivity index (χ1) is 7.74. The highest BCUT2D eigenvalue weighted by atomic mass is 35.5. The molecule has 0 aromatic heterocycles. The lowest BCUT2D eigenvalue weighted by atomic mass is 10.2. The highest BCUT2D eigenvalue weighted by Crippen LogP contribution is 2.33. The minimum absolute atomic E-state index is 0.301. The largest absolute Gasteiger partial charge is 0.376 e. The maximum Gasteiger partial charge on any atom is 0.140 e. The van der Waals surface area contributed by atoms with Crippen LogP contribution in [0.3, 0.4) is 0 Å². The molecular weight excluding hydrogens is 247 g/mol. The average Bonchev–Trinajstić information content (AvgIpc) is 2.33. The Morgan fingerprint density at radius 1 is 1.44 bits per heavy atom. The third-order valence-electron chi connectivity index (χ3n) is 2.52. The van der Waals surface area contributed by atoms with Crippen LogP contribution in [0.25, 0.3) is 0 Å². The lowest BCUT2D eigenvalue weighted by molar-refractivity contribution is 0.107. The minimum Gasteiger partial charge on any atom is -0.376 e. The standard InChI is InChI=1S/C11H10Cl2N2O/c12-9-2-1-3-10(11(9)13)15-4-5-16-7-8(15)6-14/h1-3,8H,4-5,7H2. The number of morpholine rings is 1. The van der Waals surface area contributed by atoms with E-state index in [0.29, 0.717) is 29.8 Å². The molecule has 0 amide bonds. The van der Waals surface area contributed by atoms with Gasteiger partial charge < -0.3 is 9.64 Å². The van der Waals surface area contributed by atoms with Gasteiger partial charge in [-0.1, -0.05) is 29.3 Å². The van der Waals surface area contributed by atoms with Crippen LogP contribution in [0.15, 0.2) is 18.2 Å². The van der Waals surface area contributed by atoms with Gasteiger partial charge in [-0.05, 0) is 12.1 Å². The van der Waals surface area contributed by atoms with Crippen LogP contribution in [0.4, 0.5) is 5.69 Å². The molecule has 1 atom stereocenters. The van der Waals surface area contributed by atoms with E-state index in [9.17, 15) is 0 Å². The summed E-state index contributed by atoms with van der Waals surface area (Å²) in [7, 11) is 0. The molecule has 1 fully saturated rings. The van der Waals surface area contributed by atoms with Crippen molar-refractivity contribution < 1.29 is 4.74 Å². The Morgan fingerprint density at radius 2 is 2.25 bits per heavy atom. The summed E-state index contributed by atoms with van der Waals surface area (Å²) in [6.45, 7) is 1.65. The van der Waals surface area contributed by atoms with Crippen LogP contribution < -0.4 is 4.90 Å². The molecule has 0 bridgehead atoms. The van der Waals surface area contributed by atoms with Crippen molar-refractivity contribution in [2.24, 2.45) is 0 Å². The summed E-state index contributed by atoms with van der Waals surface area (Å²) in [6.07, 6.45) is 0. The van der Waals surface area contributed by atoms with E-state index in [4.69, 9.17) is 33.2 Å². The Labute approximate surface area is 104 Å². The zero-order valence-electron chi connectivity index (χ0n) is 8.49. The van der Waals surface area contributed by atoms with Gasteiger partial charge in [-0.2, -0.15) is 5.26 Å². The fraction of sp³-hybridized carbons (Fsp3) is 0.364. The molecule has 0 N–H and O–H groups in total. The zero-order chi connectivity index (χ0) is 11.5. The van der Waals surface area contributed by atoms with Crippen molar-refractivity contribution in [1.82, 2.24) is 0 Å². The normalized spacial score (nSPS) is 20.6. The third-order valence-corrected chi connectivity index (χ3v) is 3.33. The number of nitriles is 1. The first-order valence-electron chi connectivity index (χ1n) is 4.92. The van der Waals surface area contributed by atoms with Crippen molar-refractivity contribution in [2.45, 2.75) is 6.04 Å². The van der Waals surface area contributed by atoms with E-state index in [-0.39, 0.29) is 6.04 Å². The third kappa shape index (κ3) is 2.10. The quantitative estimate of drug-likeness (QED) is 0.776. The first-order valence-corrected chi connectivity index (χ1v) is 5.67. The fourth-order valence-corrected chi connectivity index (χ4v) is 2.12. The maximum absolute atomic E-state index is 9.04. The molecule has 1 aromatic carbocycles. The van der Waals surface area contributed by atoms with Crippen LogP contribution in [0.5, 0.6) is 0 Å². The second-order valence-electron chi connectivity index (χ2n) is 3.49. The number of halogens is 2. The average molecular weight is 257 g/mol. The molecule has 0 radical (unpaired) electrons. The van der Waals surface area contributed by atoms with Gasteiger partial charge in [0.2, 0.25) is 0 Å². The molecule has 0 spiro atoms. The van der Waals surface area contributed by atoms with Crippen molar-refractivity contribution in [3.8, 4) is 6.07 Å². The Morgan fingerprint density at radius 3 is 3.00 bits per heavy atom. The number of hydrogen-bond donors (Lipinski definition) is 0. The van der Waals surface area contributed by atoms with Gasteiger partial charge in [-0.3, -0.25) is 0 Å². The SMILES string of the molecule is N#CC1COCCN1c1cccc(Cl)c1Cl. The molecule has 1 unspecified atom stereocenters. The number of rotatable bonds is 1. The van der Waals surface area contributed by atoms with E-state index in [1.165, 1.54) is 0 Å². The number of hydrogen-bond acceptors (Lipinski definition) is 3. The highest BCUT2D eigenvalue weighted by molar-refractivity contribution is 6.43. The molecule has 1 aliphatic rings. The molecule has 84 valence electrons. The molecule has 1 saturated heterocycles. The lowest BCUT2D eigenvalue weighted by Gasteiger charge is -2.33. The molecule has 1 aliphatic heterocycles. The monoisotopic (exact) mass is 256 g/mol. The molecule has 0 aliphatic carbocycles. The Balaban J connectivity index is 2.35. The molecule has 5 heteroatoms. The Kier molecular flexibility index (Phi) is 3.55. The van der Waals surface area contributed by atoms with Gasteiger partial charge in [0.25, 0.3) is 0 Å². The molecule has 1 aromatic rings. The molecular formula is C11H10Cl2N2O. The van der Waals surface area contributed by atoms with Crippen molar-refractivity contribution >= 4 is 28.9 Å². The van der Waals surface area contributed by atoms with Gasteiger partial charge in [0.05, 0.1) is 35.0 Å². The van der Waals surface area contributed by atoms with Crippen LogP contribution in [-0.2, 0) is 4.74 Å². The maximum atomic E-state index is 9.04. The summed E-state index contributed by atoms with van der Waals surface area (Å²) < 4.78 is 5.25. The van der Waals surface area contributed by atoms with Gasteiger partial charge in [-0.15, -0.1) is 0 Å². The fourth-order valence-electron chi connectivity index (χ4n) is 1.71. The second-order valence-corrected chi connectivity index (χ2v) is 4.27. The number of benzene rings is 1. The van der Waals surface area contributed by atoms with Crippen LogP contribution in [-0.4, -0.2) is 25.8 Å². The van der Waals surface area contributed by atoms with Gasteiger partial charge in [0, 0.05) is 6.54 Å². The van der Waals surface area contributed by atoms with E-state index in [1.807, 2.05) is 17.0 Å². The van der Waals surface area contributed by atoms with Gasteiger partial charge in [0.1, 0.15) is 6.04 Å². The molecule has 2 rings (SSSR count). The van der Waals surface area contributed by atoms with Gasteiger partial charge in [-0.25, -0.2) is 0 Å². The summed E-state index contributed by atoms with van der Waals surface area (Å²) in [5.74, 6) is 0.